The second kappa shape index (κ2) is 8.16. The van der Waals surface area contributed by atoms with E-state index in [1.807, 2.05) is 0 Å². The van der Waals surface area contributed by atoms with E-state index in [1.54, 1.807) is 41.5 Å². The first-order chi connectivity index (χ1) is 10.2. The summed E-state index contributed by atoms with van der Waals surface area (Å²) in [6, 6.07) is 0. The Bertz CT molecular complexity index is 522. The Morgan fingerprint density at radius 1 is 1.04 bits per heavy atom. The Balaban J connectivity index is 5.31. The molecule has 0 atom stereocenters. The van der Waals surface area contributed by atoms with Crippen LogP contribution in [-0.4, -0.2) is 55.0 Å². The predicted octanol–water partition coefficient (Wildman–Crippen LogP) is 1.64. The van der Waals surface area contributed by atoms with Gasteiger partial charge in [-0.2, -0.15) is 17.4 Å². The molecule has 0 rings (SSSR count). The zero-order valence-electron chi connectivity index (χ0n) is 14.3. The molecule has 1 amide bonds. The number of amides is 1. The Kier molecular flexibility index (Phi) is 7.79. The minimum absolute atomic E-state index is 0.00776. The number of carbonyl (C=O) groups excluding carboxylic acids is 2. The van der Waals surface area contributed by atoms with Gasteiger partial charge in [0, 0.05) is 12.4 Å². The highest BCUT2D eigenvalue weighted by atomic mass is 35.5. The molecule has 0 aromatic rings. The highest BCUT2D eigenvalue weighted by Gasteiger charge is 2.34. The van der Waals surface area contributed by atoms with Crippen molar-refractivity contribution in [3.05, 3.63) is 0 Å². The van der Waals surface area contributed by atoms with Crippen LogP contribution in [-0.2, 0) is 24.5 Å². The number of alkyl halides is 1. The van der Waals surface area contributed by atoms with Crippen molar-refractivity contribution in [2.45, 2.75) is 52.7 Å². The quantitative estimate of drug-likeness (QED) is 0.561. The first-order valence-electron chi connectivity index (χ1n) is 6.96. The van der Waals surface area contributed by atoms with Gasteiger partial charge in [-0.05, 0) is 41.5 Å². The molecule has 0 aromatic carbocycles. The van der Waals surface area contributed by atoms with Crippen LogP contribution in [0.4, 0.5) is 4.79 Å². The molecule has 0 fully saturated rings. The van der Waals surface area contributed by atoms with Crippen LogP contribution in [0.2, 0.25) is 0 Å². The van der Waals surface area contributed by atoms with Gasteiger partial charge in [-0.1, -0.05) is 0 Å². The molecule has 0 bridgehead atoms. The van der Waals surface area contributed by atoms with Crippen molar-refractivity contribution in [2.24, 2.45) is 0 Å². The molecule has 8 nitrogen and oxygen atoms in total. The molecule has 0 heterocycles. The monoisotopic (exact) mass is 372 g/mol. The van der Waals surface area contributed by atoms with E-state index >= 15 is 0 Å². The van der Waals surface area contributed by atoms with Gasteiger partial charge < -0.3 is 9.47 Å². The van der Waals surface area contributed by atoms with Crippen LogP contribution in [0.5, 0.6) is 0 Å². The first kappa shape index (κ1) is 21.9. The predicted molar refractivity (Wildman–Crippen MR) is 86.4 cm³/mol. The number of halogens is 1. The SMILES string of the molecule is CC(C)(C)OC(=O)CN(C(=O)OC(C)(C)C)S(=O)(=O)NCCCl. The van der Waals surface area contributed by atoms with Crippen LogP contribution in [0, 0.1) is 0 Å². The molecule has 1 N–H and O–H groups in total. The van der Waals surface area contributed by atoms with Gasteiger partial charge >= 0.3 is 22.3 Å². The summed E-state index contributed by atoms with van der Waals surface area (Å²) in [5.74, 6) is -0.868. The Morgan fingerprint density at radius 2 is 1.52 bits per heavy atom. The molecule has 0 saturated carbocycles. The summed E-state index contributed by atoms with van der Waals surface area (Å²) in [6.45, 7) is 8.72. The summed E-state index contributed by atoms with van der Waals surface area (Å²) >= 11 is 5.44. The van der Waals surface area contributed by atoms with Gasteiger partial charge in [-0.25, -0.2) is 4.79 Å². The van der Waals surface area contributed by atoms with Crippen molar-refractivity contribution in [3.63, 3.8) is 0 Å². The van der Waals surface area contributed by atoms with Gasteiger partial charge in [0.15, 0.2) is 0 Å². The molecule has 0 aliphatic heterocycles. The van der Waals surface area contributed by atoms with E-state index in [2.05, 4.69) is 4.72 Å². The second-order valence-electron chi connectivity index (χ2n) is 6.66. The topological polar surface area (TPSA) is 102 Å². The Hall–Kier alpha value is -1.06. The molecule has 23 heavy (non-hydrogen) atoms. The summed E-state index contributed by atoms with van der Waals surface area (Å²) in [4.78, 5) is 24.0. The molecular weight excluding hydrogens is 348 g/mol. The van der Waals surface area contributed by atoms with Crippen LogP contribution in [0.25, 0.3) is 0 Å². The number of carbonyl (C=O) groups is 2. The van der Waals surface area contributed by atoms with Crippen LogP contribution in [0.3, 0.4) is 0 Å². The van der Waals surface area contributed by atoms with E-state index < -0.39 is 40.0 Å². The van der Waals surface area contributed by atoms with Crippen molar-refractivity contribution in [1.29, 1.82) is 0 Å². The molecule has 0 unspecified atom stereocenters. The summed E-state index contributed by atoms with van der Waals surface area (Å²) in [5, 5.41) is 0. The average Bonchev–Trinajstić information content (AvgIpc) is 2.28. The highest BCUT2D eigenvalue weighted by molar-refractivity contribution is 7.87. The largest absolute Gasteiger partial charge is 0.459 e. The maximum atomic E-state index is 12.2. The molecular formula is C13H25ClN2O6S. The third-order valence-electron chi connectivity index (χ3n) is 1.96. The lowest BCUT2D eigenvalue weighted by molar-refractivity contribution is -0.154. The van der Waals surface area contributed by atoms with E-state index in [-0.39, 0.29) is 12.4 Å². The molecule has 0 radical (unpaired) electrons. The van der Waals surface area contributed by atoms with Crippen LogP contribution in [0.1, 0.15) is 41.5 Å². The number of nitrogens with one attached hydrogen (secondary N) is 1. The van der Waals surface area contributed by atoms with Crippen molar-refractivity contribution in [1.82, 2.24) is 9.03 Å². The van der Waals surface area contributed by atoms with E-state index in [1.165, 1.54) is 0 Å². The van der Waals surface area contributed by atoms with Crippen LogP contribution >= 0.6 is 11.6 Å². The molecule has 0 aromatic heterocycles. The first-order valence-corrected chi connectivity index (χ1v) is 8.93. The number of rotatable bonds is 6. The third-order valence-corrected chi connectivity index (χ3v) is 3.58. The number of hydrogen-bond donors (Lipinski definition) is 1. The van der Waals surface area contributed by atoms with Crippen molar-refractivity contribution in [2.75, 3.05) is 19.0 Å². The normalized spacial score (nSPS) is 12.7. The molecule has 0 aliphatic rings. The van der Waals surface area contributed by atoms with Crippen molar-refractivity contribution in [3.8, 4) is 0 Å². The fourth-order valence-corrected chi connectivity index (χ4v) is 2.53. The number of hydrogen-bond acceptors (Lipinski definition) is 6. The van der Waals surface area contributed by atoms with E-state index in [0.29, 0.717) is 4.31 Å². The van der Waals surface area contributed by atoms with E-state index in [4.69, 9.17) is 21.1 Å². The summed E-state index contributed by atoms with van der Waals surface area (Å²) in [5.41, 5.74) is -1.74. The van der Waals surface area contributed by atoms with Gasteiger partial charge in [-0.15, -0.1) is 11.6 Å². The minimum atomic E-state index is -4.28. The molecule has 0 saturated heterocycles. The number of nitrogens with zero attached hydrogens (tertiary/aromatic N) is 1. The zero-order valence-corrected chi connectivity index (χ0v) is 15.9. The van der Waals surface area contributed by atoms with Crippen molar-refractivity contribution >= 4 is 33.9 Å². The lowest BCUT2D eigenvalue weighted by Gasteiger charge is -2.27. The van der Waals surface area contributed by atoms with Crippen LogP contribution < -0.4 is 4.72 Å². The summed E-state index contributed by atoms with van der Waals surface area (Å²) in [6.07, 6.45) is -1.18. The highest BCUT2D eigenvalue weighted by Crippen LogP contribution is 2.14. The number of esters is 1. The maximum Gasteiger partial charge on any atom is 0.425 e. The average molecular weight is 373 g/mol. The lowest BCUT2D eigenvalue weighted by Crippen LogP contribution is -2.49. The van der Waals surface area contributed by atoms with Gasteiger partial charge in [-0.3, -0.25) is 4.79 Å². The van der Waals surface area contributed by atoms with E-state index in [0.717, 1.165) is 0 Å². The van der Waals surface area contributed by atoms with Gasteiger partial charge in [0.1, 0.15) is 17.7 Å². The van der Waals surface area contributed by atoms with E-state index in [9.17, 15) is 18.0 Å². The number of ether oxygens (including phenoxy) is 2. The minimum Gasteiger partial charge on any atom is -0.459 e. The Labute approximate surface area is 142 Å². The fraction of sp³-hybridized carbons (Fsp3) is 0.846. The van der Waals surface area contributed by atoms with Crippen molar-refractivity contribution < 1.29 is 27.5 Å². The second-order valence-corrected chi connectivity index (χ2v) is 8.72. The van der Waals surface area contributed by atoms with Crippen LogP contribution in [0.15, 0.2) is 0 Å². The molecule has 10 heteroatoms. The Morgan fingerprint density at radius 3 is 1.91 bits per heavy atom. The van der Waals surface area contributed by atoms with Gasteiger partial charge in [0.25, 0.3) is 0 Å². The molecule has 0 spiro atoms. The summed E-state index contributed by atoms with van der Waals surface area (Å²) in [7, 11) is -4.28. The molecule has 136 valence electrons. The third kappa shape index (κ3) is 9.62. The summed E-state index contributed by atoms with van der Waals surface area (Å²) < 4.78 is 36.8. The fourth-order valence-electron chi connectivity index (χ4n) is 1.30. The standard InChI is InChI=1S/C13H25ClN2O6S/c1-12(2,3)21-10(17)9-16(11(18)22-13(4,5)6)23(19,20)15-8-7-14/h15H,7-9H2,1-6H3. The molecule has 0 aliphatic carbocycles. The van der Waals surface area contributed by atoms with Gasteiger partial charge in [0.05, 0.1) is 0 Å². The zero-order chi connectivity index (χ0) is 18.5. The lowest BCUT2D eigenvalue weighted by atomic mass is 10.2. The van der Waals surface area contributed by atoms with Gasteiger partial charge in [0.2, 0.25) is 0 Å². The maximum absolute atomic E-state index is 12.2. The smallest absolute Gasteiger partial charge is 0.425 e.